The molecule has 1 aromatic rings. The summed E-state index contributed by atoms with van der Waals surface area (Å²) in [7, 11) is 0. The molecule has 21 heavy (non-hydrogen) atoms. The summed E-state index contributed by atoms with van der Waals surface area (Å²) in [6.45, 7) is 10.1. The first-order valence-corrected chi connectivity index (χ1v) is 7.96. The van der Waals surface area contributed by atoms with Crippen molar-refractivity contribution in [2.75, 3.05) is 19.6 Å². The van der Waals surface area contributed by atoms with Crippen LogP contribution in [0.3, 0.4) is 0 Å². The number of nitrogens with zero attached hydrogens (tertiary/aromatic N) is 1. The van der Waals surface area contributed by atoms with Crippen molar-refractivity contribution in [3.8, 4) is 0 Å². The second-order valence-electron chi connectivity index (χ2n) is 5.80. The molecule has 4 heteroatoms. The topological polar surface area (TPSA) is 44.4 Å². The van der Waals surface area contributed by atoms with Gasteiger partial charge in [0.1, 0.15) is 0 Å². The van der Waals surface area contributed by atoms with Crippen LogP contribution in [0, 0.1) is 0 Å². The van der Waals surface area contributed by atoms with Gasteiger partial charge in [-0.05, 0) is 37.6 Å². The van der Waals surface area contributed by atoms with Crippen LogP contribution in [0.1, 0.15) is 31.9 Å². The highest BCUT2D eigenvalue weighted by Crippen LogP contribution is 2.16. The Kier molecular flexibility index (Phi) is 5.76. The van der Waals surface area contributed by atoms with Gasteiger partial charge in [-0.2, -0.15) is 0 Å². The van der Waals surface area contributed by atoms with Crippen molar-refractivity contribution in [1.29, 1.82) is 0 Å². The lowest BCUT2D eigenvalue weighted by molar-refractivity contribution is -0.124. The fourth-order valence-corrected chi connectivity index (χ4v) is 2.90. The van der Waals surface area contributed by atoms with E-state index in [1.807, 2.05) is 12.1 Å². The van der Waals surface area contributed by atoms with Gasteiger partial charge in [-0.1, -0.05) is 38.1 Å². The van der Waals surface area contributed by atoms with Gasteiger partial charge in [0.05, 0.1) is 6.04 Å². The molecular weight excluding hydrogens is 262 g/mol. The molecule has 0 saturated carbocycles. The third-order valence-corrected chi connectivity index (χ3v) is 4.21. The molecule has 2 rings (SSSR count). The molecule has 1 aliphatic rings. The van der Waals surface area contributed by atoms with Crippen LogP contribution >= 0.6 is 0 Å². The van der Waals surface area contributed by atoms with E-state index in [1.54, 1.807) is 0 Å². The van der Waals surface area contributed by atoms with E-state index >= 15 is 0 Å². The average molecular weight is 289 g/mol. The third kappa shape index (κ3) is 4.29. The number of hydrogen-bond acceptors (Lipinski definition) is 3. The van der Waals surface area contributed by atoms with E-state index in [1.165, 1.54) is 11.1 Å². The maximum atomic E-state index is 12.4. The molecule has 0 aromatic heterocycles. The smallest absolute Gasteiger partial charge is 0.237 e. The van der Waals surface area contributed by atoms with Gasteiger partial charge < -0.3 is 15.5 Å². The molecule has 1 unspecified atom stereocenters. The first kappa shape index (κ1) is 16.0. The highest BCUT2D eigenvalue weighted by Gasteiger charge is 2.24. The van der Waals surface area contributed by atoms with Crippen LogP contribution in [0.15, 0.2) is 24.3 Å². The minimum atomic E-state index is -0.112. The fourth-order valence-electron chi connectivity index (χ4n) is 2.90. The average Bonchev–Trinajstić information content (AvgIpc) is 2.52. The van der Waals surface area contributed by atoms with Crippen molar-refractivity contribution in [1.82, 2.24) is 15.5 Å². The minimum absolute atomic E-state index is 0.112. The fraction of sp³-hybridized carbons (Fsp3) is 0.588. The first-order chi connectivity index (χ1) is 10.1. The molecule has 1 amide bonds. The van der Waals surface area contributed by atoms with Crippen molar-refractivity contribution >= 4 is 5.91 Å². The zero-order valence-electron chi connectivity index (χ0n) is 13.4. The van der Waals surface area contributed by atoms with Crippen LogP contribution < -0.4 is 10.6 Å². The van der Waals surface area contributed by atoms with Crippen molar-refractivity contribution < 1.29 is 4.79 Å². The summed E-state index contributed by atoms with van der Waals surface area (Å²) in [5, 5.41) is 6.47. The summed E-state index contributed by atoms with van der Waals surface area (Å²) in [4.78, 5) is 14.7. The van der Waals surface area contributed by atoms with Crippen molar-refractivity contribution in [3.05, 3.63) is 35.4 Å². The van der Waals surface area contributed by atoms with E-state index in [0.717, 1.165) is 32.6 Å². The van der Waals surface area contributed by atoms with Gasteiger partial charge in [-0.25, -0.2) is 0 Å². The van der Waals surface area contributed by atoms with Gasteiger partial charge in [0.25, 0.3) is 0 Å². The molecular formula is C17H27N3O. The van der Waals surface area contributed by atoms with E-state index < -0.39 is 0 Å². The number of hydrogen-bond donors (Lipinski definition) is 2. The van der Waals surface area contributed by atoms with E-state index in [2.05, 4.69) is 48.4 Å². The van der Waals surface area contributed by atoms with Crippen LogP contribution in [0.25, 0.3) is 0 Å². The number of amides is 1. The second-order valence-corrected chi connectivity index (χ2v) is 5.80. The first-order valence-electron chi connectivity index (χ1n) is 7.96. The molecule has 2 N–H and O–H groups in total. The Hall–Kier alpha value is -1.39. The zero-order valence-corrected chi connectivity index (χ0v) is 13.4. The summed E-state index contributed by atoms with van der Waals surface area (Å²) in [5.41, 5.74) is 2.59. The number of nitrogens with one attached hydrogen (secondary N) is 2. The van der Waals surface area contributed by atoms with Crippen molar-refractivity contribution in [3.63, 3.8) is 0 Å². The summed E-state index contributed by atoms with van der Waals surface area (Å²) in [5.74, 6) is 0.115. The molecule has 0 saturated heterocycles. The second kappa shape index (κ2) is 7.57. The number of carbonyl (C=O) groups excluding carboxylic acids is 1. The van der Waals surface area contributed by atoms with E-state index in [9.17, 15) is 4.79 Å². The van der Waals surface area contributed by atoms with Gasteiger partial charge in [0, 0.05) is 19.1 Å². The molecule has 0 bridgehead atoms. The van der Waals surface area contributed by atoms with Crippen LogP contribution in [-0.2, 0) is 17.8 Å². The Balaban J connectivity index is 1.87. The van der Waals surface area contributed by atoms with Crippen LogP contribution in [0.2, 0.25) is 0 Å². The normalized spacial score (nSPS) is 19.1. The zero-order chi connectivity index (χ0) is 15.2. The summed E-state index contributed by atoms with van der Waals surface area (Å²) in [6.07, 6.45) is 0.778. The molecule has 1 heterocycles. The molecule has 4 nitrogen and oxygen atoms in total. The highest BCUT2D eigenvalue weighted by molar-refractivity contribution is 5.82. The standard InChI is InChI=1S/C17H27N3O/c1-4-20(5-2)12-13(3)19-17(21)16-10-14-8-6-7-9-15(14)11-18-16/h6-9,13,16,18H,4-5,10-12H2,1-3H3,(H,19,21)/t13?,16-/m1/s1. The van der Waals surface area contributed by atoms with Crippen LogP contribution in [0.5, 0.6) is 0 Å². The Bertz CT molecular complexity index is 471. The number of rotatable bonds is 6. The summed E-state index contributed by atoms with van der Waals surface area (Å²) in [6, 6.07) is 8.40. The van der Waals surface area contributed by atoms with E-state index in [-0.39, 0.29) is 18.0 Å². The Morgan fingerprint density at radius 1 is 1.33 bits per heavy atom. The molecule has 0 radical (unpaired) electrons. The Morgan fingerprint density at radius 2 is 2.00 bits per heavy atom. The molecule has 2 atom stereocenters. The quantitative estimate of drug-likeness (QED) is 0.835. The lowest BCUT2D eigenvalue weighted by atomic mass is 9.95. The van der Waals surface area contributed by atoms with Crippen LogP contribution in [0.4, 0.5) is 0 Å². The number of benzene rings is 1. The molecule has 1 aliphatic heterocycles. The molecule has 0 fully saturated rings. The minimum Gasteiger partial charge on any atom is -0.351 e. The number of likely N-dealkylation sites (N-methyl/N-ethyl adjacent to an activating group) is 1. The highest BCUT2D eigenvalue weighted by atomic mass is 16.2. The molecule has 0 aliphatic carbocycles. The van der Waals surface area contributed by atoms with E-state index in [4.69, 9.17) is 0 Å². The maximum Gasteiger partial charge on any atom is 0.237 e. The monoisotopic (exact) mass is 289 g/mol. The number of fused-ring (bicyclic) bond motifs is 1. The maximum absolute atomic E-state index is 12.4. The third-order valence-electron chi connectivity index (χ3n) is 4.21. The largest absolute Gasteiger partial charge is 0.351 e. The van der Waals surface area contributed by atoms with Gasteiger partial charge >= 0.3 is 0 Å². The summed E-state index contributed by atoms with van der Waals surface area (Å²) < 4.78 is 0. The van der Waals surface area contributed by atoms with Crippen molar-refractivity contribution in [2.45, 2.75) is 45.8 Å². The van der Waals surface area contributed by atoms with Gasteiger partial charge in [0.15, 0.2) is 0 Å². The lowest BCUT2D eigenvalue weighted by Crippen LogP contribution is -2.52. The molecule has 1 aromatic carbocycles. The van der Waals surface area contributed by atoms with Gasteiger partial charge in [0.2, 0.25) is 5.91 Å². The Morgan fingerprint density at radius 3 is 2.67 bits per heavy atom. The lowest BCUT2D eigenvalue weighted by Gasteiger charge is -2.28. The Labute approximate surface area is 127 Å². The van der Waals surface area contributed by atoms with Gasteiger partial charge in [-0.3, -0.25) is 4.79 Å². The predicted molar refractivity (Wildman–Crippen MR) is 86.2 cm³/mol. The molecule has 0 spiro atoms. The van der Waals surface area contributed by atoms with Crippen LogP contribution in [-0.4, -0.2) is 42.5 Å². The molecule has 116 valence electrons. The number of carbonyl (C=O) groups is 1. The van der Waals surface area contributed by atoms with Crippen molar-refractivity contribution in [2.24, 2.45) is 0 Å². The predicted octanol–water partition coefficient (Wildman–Crippen LogP) is 1.55. The van der Waals surface area contributed by atoms with E-state index in [0.29, 0.717) is 0 Å². The SMILES string of the molecule is CCN(CC)CC(C)NC(=O)[C@H]1Cc2ccccc2CN1. The van der Waals surface area contributed by atoms with Gasteiger partial charge in [-0.15, -0.1) is 0 Å². The summed E-state index contributed by atoms with van der Waals surface area (Å²) >= 11 is 0.